The lowest BCUT2D eigenvalue weighted by atomic mass is 9.97. The lowest BCUT2D eigenvalue weighted by Gasteiger charge is -2.20. The predicted octanol–water partition coefficient (Wildman–Crippen LogP) is 3.50. The van der Waals surface area contributed by atoms with Crippen LogP contribution in [0.4, 0.5) is 0 Å². The number of nitrogens with one attached hydrogen (secondary N) is 2. The van der Waals surface area contributed by atoms with Crippen molar-refractivity contribution >= 4 is 5.91 Å². The van der Waals surface area contributed by atoms with Gasteiger partial charge in [0.1, 0.15) is 0 Å². The number of benzene rings is 1. The van der Waals surface area contributed by atoms with E-state index in [1.807, 2.05) is 30.3 Å². The number of hydrogen-bond acceptors (Lipinski definition) is 2. The average Bonchev–Trinajstić information content (AvgIpc) is 2.90. The van der Waals surface area contributed by atoms with Gasteiger partial charge in [0, 0.05) is 23.2 Å². The van der Waals surface area contributed by atoms with E-state index in [9.17, 15) is 9.59 Å². The highest BCUT2D eigenvalue weighted by Gasteiger charge is 2.27. The lowest BCUT2D eigenvalue weighted by molar-refractivity contribution is -0.126. The van der Waals surface area contributed by atoms with Crippen molar-refractivity contribution < 1.29 is 4.79 Å². The number of hydrogen-bond donors (Lipinski definition) is 2. The summed E-state index contributed by atoms with van der Waals surface area (Å²) < 4.78 is 1.64. The summed E-state index contributed by atoms with van der Waals surface area (Å²) >= 11 is 0. The van der Waals surface area contributed by atoms with Crippen LogP contribution in [0.15, 0.2) is 35.1 Å². The molecule has 0 saturated heterocycles. The summed E-state index contributed by atoms with van der Waals surface area (Å²) in [5.41, 5.74) is 2.73. The third-order valence-corrected chi connectivity index (χ3v) is 6.14. The number of rotatable bonds is 3. The minimum Gasteiger partial charge on any atom is -0.353 e. The summed E-state index contributed by atoms with van der Waals surface area (Å²) in [6, 6.07) is 10.0. The van der Waals surface area contributed by atoms with Gasteiger partial charge in [0.2, 0.25) is 5.91 Å². The number of nitrogens with zero attached hydrogens (tertiary/aromatic N) is 1. The molecule has 1 aromatic heterocycles. The Hall–Kier alpha value is -2.30. The van der Waals surface area contributed by atoms with Crippen molar-refractivity contribution in [3.05, 3.63) is 51.9 Å². The summed E-state index contributed by atoms with van der Waals surface area (Å²) in [4.78, 5) is 25.6. The van der Waals surface area contributed by atoms with Crippen molar-refractivity contribution in [3.8, 4) is 5.69 Å². The van der Waals surface area contributed by atoms with Gasteiger partial charge in [-0.25, -0.2) is 4.68 Å². The van der Waals surface area contributed by atoms with Crippen LogP contribution in [-0.4, -0.2) is 21.7 Å². The zero-order valence-electron chi connectivity index (χ0n) is 15.9. The van der Waals surface area contributed by atoms with Gasteiger partial charge in [0.05, 0.1) is 5.69 Å². The molecule has 144 valence electrons. The second-order valence-electron chi connectivity index (χ2n) is 8.02. The van der Waals surface area contributed by atoms with E-state index in [1.165, 1.54) is 25.7 Å². The molecule has 5 nitrogen and oxygen atoms in total. The Morgan fingerprint density at radius 1 is 0.963 bits per heavy atom. The van der Waals surface area contributed by atoms with E-state index < -0.39 is 0 Å². The molecule has 5 heteroatoms. The van der Waals surface area contributed by atoms with Crippen LogP contribution < -0.4 is 10.9 Å². The van der Waals surface area contributed by atoms with Gasteiger partial charge in [-0.2, -0.15) is 0 Å². The minimum absolute atomic E-state index is 0.0126. The summed E-state index contributed by atoms with van der Waals surface area (Å²) in [6.45, 7) is 0. The maximum atomic E-state index is 12.8. The first-order chi connectivity index (χ1) is 13.2. The number of carbonyl (C=O) groups excluding carboxylic acids is 1. The quantitative estimate of drug-likeness (QED) is 0.644. The first-order valence-electron chi connectivity index (χ1n) is 10.4. The van der Waals surface area contributed by atoms with E-state index in [-0.39, 0.29) is 17.4 Å². The molecule has 4 rings (SSSR count). The second-order valence-corrected chi connectivity index (χ2v) is 8.02. The average molecular weight is 367 g/mol. The fraction of sp³-hybridized carbons (Fsp3) is 0.545. The number of carbonyl (C=O) groups is 1. The molecule has 1 atom stereocenters. The Bertz CT molecular complexity index is 829. The SMILES string of the molecule is O=C(NC1CCCCCC1)C1CCc2[nH]n(-c3ccccc3)c(=O)c2CC1. The van der Waals surface area contributed by atoms with Crippen molar-refractivity contribution in [2.75, 3.05) is 0 Å². The summed E-state index contributed by atoms with van der Waals surface area (Å²) in [5.74, 6) is 0.203. The second kappa shape index (κ2) is 8.15. The van der Waals surface area contributed by atoms with Gasteiger partial charge in [0.15, 0.2) is 0 Å². The van der Waals surface area contributed by atoms with Crippen LogP contribution in [0.2, 0.25) is 0 Å². The van der Waals surface area contributed by atoms with Crippen molar-refractivity contribution in [2.45, 2.75) is 70.3 Å². The van der Waals surface area contributed by atoms with Crippen LogP contribution in [0.5, 0.6) is 0 Å². The molecule has 0 spiro atoms. The molecule has 1 saturated carbocycles. The van der Waals surface area contributed by atoms with Gasteiger partial charge in [-0.3, -0.25) is 14.7 Å². The Kier molecular flexibility index (Phi) is 5.46. The Balaban J connectivity index is 1.43. The van der Waals surface area contributed by atoms with E-state index in [2.05, 4.69) is 10.4 Å². The van der Waals surface area contributed by atoms with Crippen LogP contribution >= 0.6 is 0 Å². The smallest absolute Gasteiger partial charge is 0.274 e. The van der Waals surface area contributed by atoms with Crippen molar-refractivity contribution in [2.24, 2.45) is 5.92 Å². The zero-order chi connectivity index (χ0) is 18.6. The van der Waals surface area contributed by atoms with Crippen LogP contribution in [0.25, 0.3) is 5.69 Å². The molecule has 0 aliphatic heterocycles. The molecule has 2 aromatic rings. The van der Waals surface area contributed by atoms with E-state index in [1.54, 1.807) is 4.68 Å². The molecule has 0 radical (unpaired) electrons. The number of aromatic amines is 1. The molecule has 1 aromatic carbocycles. The molecular formula is C22H29N3O2. The number of para-hydroxylation sites is 1. The topological polar surface area (TPSA) is 66.9 Å². The van der Waals surface area contributed by atoms with Crippen molar-refractivity contribution in [1.82, 2.24) is 15.1 Å². The van der Waals surface area contributed by atoms with Crippen LogP contribution in [0.1, 0.15) is 62.6 Å². The third kappa shape index (κ3) is 4.02. The highest BCUT2D eigenvalue weighted by atomic mass is 16.2. The molecular weight excluding hydrogens is 338 g/mol. The summed E-state index contributed by atoms with van der Waals surface area (Å²) in [6.07, 6.45) is 10.2. The number of aromatic nitrogens is 2. The molecule has 1 unspecified atom stereocenters. The number of aryl methyl sites for hydroxylation is 1. The maximum Gasteiger partial charge on any atom is 0.274 e. The van der Waals surface area contributed by atoms with Crippen LogP contribution in [0.3, 0.4) is 0 Å². The largest absolute Gasteiger partial charge is 0.353 e. The standard InChI is InChI=1S/C22H29N3O2/c26-21(23-17-8-4-1-2-5-9-17)16-12-14-19-20(15-13-16)24-25(22(19)27)18-10-6-3-7-11-18/h3,6-7,10-11,16-17,24H,1-2,4-5,8-9,12-15H2,(H,23,26). The molecule has 2 N–H and O–H groups in total. The molecule has 2 aliphatic rings. The normalized spacial score (nSPS) is 21.1. The molecule has 1 amide bonds. The molecule has 1 heterocycles. The van der Waals surface area contributed by atoms with Gasteiger partial charge in [0.25, 0.3) is 5.56 Å². The van der Waals surface area contributed by atoms with Gasteiger partial charge < -0.3 is 5.32 Å². The highest BCUT2D eigenvalue weighted by molar-refractivity contribution is 5.79. The van der Waals surface area contributed by atoms with Gasteiger partial charge in [-0.1, -0.05) is 43.9 Å². The van der Waals surface area contributed by atoms with Gasteiger partial charge in [-0.15, -0.1) is 0 Å². The first-order valence-corrected chi connectivity index (χ1v) is 10.4. The Labute approximate surface area is 160 Å². The third-order valence-electron chi connectivity index (χ3n) is 6.14. The van der Waals surface area contributed by atoms with E-state index in [0.29, 0.717) is 12.5 Å². The Morgan fingerprint density at radius 3 is 2.41 bits per heavy atom. The van der Waals surface area contributed by atoms with E-state index in [4.69, 9.17) is 0 Å². The van der Waals surface area contributed by atoms with Gasteiger partial charge in [-0.05, 0) is 50.7 Å². The van der Waals surface area contributed by atoms with Crippen LogP contribution in [0, 0.1) is 5.92 Å². The first kappa shape index (κ1) is 18.1. The van der Waals surface area contributed by atoms with E-state index >= 15 is 0 Å². The maximum absolute atomic E-state index is 12.8. The molecule has 27 heavy (non-hydrogen) atoms. The summed E-state index contributed by atoms with van der Waals surface area (Å²) in [5, 5.41) is 6.57. The van der Waals surface area contributed by atoms with Gasteiger partial charge >= 0.3 is 0 Å². The predicted molar refractivity (Wildman–Crippen MR) is 106 cm³/mol. The molecule has 2 aliphatic carbocycles. The molecule has 1 fully saturated rings. The van der Waals surface area contributed by atoms with Crippen LogP contribution in [-0.2, 0) is 17.6 Å². The fourth-order valence-electron chi connectivity index (χ4n) is 4.53. The fourth-order valence-corrected chi connectivity index (χ4v) is 4.53. The lowest BCUT2D eigenvalue weighted by Crippen LogP contribution is -2.38. The van der Waals surface area contributed by atoms with Crippen molar-refractivity contribution in [3.63, 3.8) is 0 Å². The molecule has 0 bridgehead atoms. The number of amides is 1. The van der Waals surface area contributed by atoms with E-state index in [0.717, 1.165) is 49.0 Å². The van der Waals surface area contributed by atoms with Crippen molar-refractivity contribution in [1.29, 1.82) is 0 Å². The number of fused-ring (bicyclic) bond motifs is 1. The summed E-state index contributed by atoms with van der Waals surface area (Å²) in [7, 11) is 0. The minimum atomic E-state index is 0.0126. The monoisotopic (exact) mass is 367 g/mol. The Morgan fingerprint density at radius 2 is 1.67 bits per heavy atom. The number of H-pyrrole nitrogens is 1. The highest BCUT2D eigenvalue weighted by Crippen LogP contribution is 2.24. The zero-order valence-corrected chi connectivity index (χ0v) is 15.9.